The largest absolute Gasteiger partial charge is 0.481 e. The molecule has 0 amide bonds. The number of methoxy groups -OCH3 is 2. The Kier molecular flexibility index (Phi) is 4.58. The Morgan fingerprint density at radius 1 is 1.09 bits per heavy atom. The molecule has 3 aromatic rings. The zero-order valence-corrected chi connectivity index (χ0v) is 15.0. The van der Waals surface area contributed by atoms with Crippen molar-refractivity contribution in [2.75, 3.05) is 14.2 Å². The first-order chi connectivity index (χ1) is 11.1. The fraction of sp³-hybridized carbons (Fsp3) is 0.188. The summed E-state index contributed by atoms with van der Waals surface area (Å²) in [5.41, 5.74) is 0. The molecule has 2 aromatic heterocycles. The van der Waals surface area contributed by atoms with E-state index in [0.29, 0.717) is 24.1 Å². The van der Waals surface area contributed by atoms with Gasteiger partial charge in [-0.2, -0.15) is 9.97 Å². The molecule has 0 atom stereocenters. The van der Waals surface area contributed by atoms with Crippen LogP contribution < -0.4 is 9.47 Å². The highest BCUT2D eigenvalue weighted by atomic mass is 79.9. The highest BCUT2D eigenvalue weighted by Crippen LogP contribution is 2.21. The second-order valence-electron chi connectivity index (χ2n) is 4.85. The zero-order chi connectivity index (χ0) is 16.4. The van der Waals surface area contributed by atoms with Gasteiger partial charge in [-0.15, -0.1) is 0 Å². The maximum Gasteiger partial charge on any atom is 0.220 e. The van der Waals surface area contributed by atoms with Gasteiger partial charge in [0, 0.05) is 16.1 Å². The number of nitrogens with zero attached hydrogens (tertiary/aromatic N) is 3. The van der Waals surface area contributed by atoms with Crippen molar-refractivity contribution in [1.82, 2.24) is 14.5 Å². The summed E-state index contributed by atoms with van der Waals surface area (Å²) in [7, 11) is 3.12. The van der Waals surface area contributed by atoms with Crippen molar-refractivity contribution in [1.29, 1.82) is 0 Å². The fourth-order valence-electron chi connectivity index (χ4n) is 2.27. The number of fused-ring (bicyclic) bond motifs is 1. The van der Waals surface area contributed by atoms with Crippen LogP contribution in [0, 0.1) is 4.64 Å². The number of aromatic nitrogens is 3. The van der Waals surface area contributed by atoms with E-state index in [9.17, 15) is 0 Å². The molecular weight excluding hydrogens is 378 g/mol. The second-order valence-corrected chi connectivity index (χ2v) is 6.15. The Labute approximate surface area is 147 Å². The molecule has 0 bridgehead atoms. The van der Waals surface area contributed by atoms with E-state index in [1.165, 1.54) is 0 Å². The number of halogens is 1. The zero-order valence-electron chi connectivity index (χ0n) is 12.6. The maximum atomic E-state index is 5.59. The van der Waals surface area contributed by atoms with Gasteiger partial charge >= 0.3 is 0 Å². The number of hydrogen-bond acceptors (Lipinski definition) is 5. The summed E-state index contributed by atoms with van der Waals surface area (Å²) < 4.78 is 14.0. The van der Waals surface area contributed by atoms with Crippen LogP contribution in [0.4, 0.5) is 0 Å². The van der Waals surface area contributed by atoms with E-state index in [0.717, 1.165) is 19.9 Å². The summed E-state index contributed by atoms with van der Waals surface area (Å²) in [6, 6.07) is 9.69. The predicted molar refractivity (Wildman–Crippen MR) is 94.7 cm³/mol. The lowest BCUT2D eigenvalue weighted by atomic mass is 10.2. The molecule has 0 saturated carbocycles. The van der Waals surface area contributed by atoms with E-state index < -0.39 is 0 Å². The Bertz CT molecular complexity index is 905. The van der Waals surface area contributed by atoms with E-state index in [-0.39, 0.29) is 0 Å². The summed E-state index contributed by atoms with van der Waals surface area (Å²) in [6.45, 7) is 0.443. The molecule has 0 unspecified atom stereocenters. The van der Waals surface area contributed by atoms with Gasteiger partial charge in [0.2, 0.25) is 11.8 Å². The van der Waals surface area contributed by atoms with Crippen molar-refractivity contribution in [2.45, 2.75) is 6.54 Å². The lowest BCUT2D eigenvalue weighted by Gasteiger charge is -2.10. The SMILES string of the molecule is COc1cc(OC)nc(Cn2ccc3cc(Br)ccc3c2=S)n1. The van der Waals surface area contributed by atoms with Crippen LogP contribution in [0.25, 0.3) is 10.8 Å². The molecule has 7 heteroatoms. The van der Waals surface area contributed by atoms with Crippen molar-refractivity contribution in [3.8, 4) is 11.8 Å². The summed E-state index contributed by atoms with van der Waals surface area (Å²) in [5, 5.41) is 2.10. The Morgan fingerprint density at radius 3 is 2.43 bits per heavy atom. The topological polar surface area (TPSA) is 49.2 Å². The number of hydrogen-bond donors (Lipinski definition) is 0. The smallest absolute Gasteiger partial charge is 0.220 e. The molecular formula is C16H14BrN3O2S. The first kappa shape index (κ1) is 15.9. The van der Waals surface area contributed by atoms with Crippen molar-refractivity contribution in [2.24, 2.45) is 0 Å². The molecule has 3 rings (SSSR count). The number of pyridine rings is 1. The van der Waals surface area contributed by atoms with Gasteiger partial charge in [0.05, 0.1) is 26.8 Å². The van der Waals surface area contributed by atoms with Gasteiger partial charge < -0.3 is 14.0 Å². The lowest BCUT2D eigenvalue weighted by Crippen LogP contribution is -2.07. The van der Waals surface area contributed by atoms with Crippen LogP contribution in [-0.4, -0.2) is 28.8 Å². The molecule has 1 aromatic carbocycles. The van der Waals surface area contributed by atoms with Gasteiger partial charge in [-0.1, -0.05) is 34.2 Å². The first-order valence-corrected chi connectivity index (χ1v) is 8.05. The van der Waals surface area contributed by atoms with Gasteiger partial charge in [-0.25, -0.2) is 0 Å². The summed E-state index contributed by atoms with van der Waals surface area (Å²) in [6.07, 6.45) is 1.94. The van der Waals surface area contributed by atoms with Crippen LogP contribution >= 0.6 is 28.1 Å². The van der Waals surface area contributed by atoms with Crippen LogP contribution in [0.1, 0.15) is 5.82 Å². The predicted octanol–water partition coefficient (Wildman–Crippen LogP) is 3.99. The Morgan fingerprint density at radius 2 is 1.78 bits per heavy atom. The van der Waals surface area contributed by atoms with Crippen LogP contribution in [0.2, 0.25) is 0 Å². The summed E-state index contributed by atoms with van der Waals surface area (Å²) in [5.74, 6) is 1.50. The van der Waals surface area contributed by atoms with Gasteiger partial charge in [0.1, 0.15) is 4.64 Å². The Hall–Kier alpha value is -1.99. The third-order valence-corrected chi connectivity index (χ3v) is 4.34. The first-order valence-electron chi connectivity index (χ1n) is 6.85. The third kappa shape index (κ3) is 3.35. The highest BCUT2D eigenvalue weighted by Gasteiger charge is 2.07. The minimum atomic E-state index is 0.443. The van der Waals surface area contributed by atoms with E-state index in [4.69, 9.17) is 21.7 Å². The normalized spacial score (nSPS) is 10.7. The van der Waals surface area contributed by atoms with Crippen LogP contribution in [-0.2, 0) is 6.54 Å². The van der Waals surface area contributed by atoms with Crippen LogP contribution in [0.15, 0.2) is 41.0 Å². The Balaban J connectivity index is 2.03. The van der Waals surface area contributed by atoms with E-state index in [1.807, 2.05) is 35.0 Å². The fourth-order valence-corrected chi connectivity index (χ4v) is 2.96. The van der Waals surface area contributed by atoms with Gasteiger partial charge in [-0.05, 0) is 23.6 Å². The molecule has 0 spiro atoms. The molecule has 118 valence electrons. The molecule has 0 fully saturated rings. The number of ether oxygens (including phenoxy) is 2. The molecule has 0 aliphatic carbocycles. The van der Waals surface area contributed by atoms with E-state index >= 15 is 0 Å². The molecule has 2 heterocycles. The van der Waals surface area contributed by atoms with Gasteiger partial charge in [-0.3, -0.25) is 0 Å². The van der Waals surface area contributed by atoms with Crippen molar-refractivity contribution >= 4 is 38.9 Å². The molecule has 0 aliphatic rings. The molecule has 5 nitrogen and oxygen atoms in total. The second kappa shape index (κ2) is 6.64. The highest BCUT2D eigenvalue weighted by molar-refractivity contribution is 9.10. The summed E-state index contributed by atoms with van der Waals surface area (Å²) >= 11 is 9.06. The lowest BCUT2D eigenvalue weighted by molar-refractivity contribution is 0.367. The minimum absolute atomic E-state index is 0.443. The monoisotopic (exact) mass is 391 g/mol. The van der Waals surface area contributed by atoms with Gasteiger partial charge in [0.15, 0.2) is 5.82 Å². The van der Waals surface area contributed by atoms with Gasteiger partial charge in [0.25, 0.3) is 0 Å². The summed E-state index contributed by atoms with van der Waals surface area (Å²) in [4.78, 5) is 8.68. The van der Waals surface area contributed by atoms with E-state index in [1.54, 1.807) is 20.3 Å². The minimum Gasteiger partial charge on any atom is -0.481 e. The third-order valence-electron chi connectivity index (χ3n) is 3.39. The quantitative estimate of drug-likeness (QED) is 0.629. The van der Waals surface area contributed by atoms with Crippen molar-refractivity contribution < 1.29 is 9.47 Å². The van der Waals surface area contributed by atoms with E-state index in [2.05, 4.69) is 25.9 Å². The van der Waals surface area contributed by atoms with Crippen molar-refractivity contribution in [3.05, 3.63) is 51.5 Å². The average molecular weight is 392 g/mol. The van der Waals surface area contributed by atoms with Crippen LogP contribution in [0.5, 0.6) is 11.8 Å². The maximum absolute atomic E-state index is 5.59. The number of rotatable bonds is 4. The molecule has 0 radical (unpaired) electrons. The number of benzene rings is 1. The molecule has 0 N–H and O–H groups in total. The average Bonchev–Trinajstić information content (AvgIpc) is 2.57. The van der Waals surface area contributed by atoms with Crippen molar-refractivity contribution in [3.63, 3.8) is 0 Å². The molecule has 0 saturated heterocycles. The van der Waals surface area contributed by atoms with Crippen LogP contribution in [0.3, 0.4) is 0 Å². The molecule has 0 aliphatic heterocycles. The standard InChI is InChI=1S/C16H14BrN3O2S/c1-21-14-8-15(22-2)19-13(18-14)9-20-6-5-10-7-11(17)3-4-12(10)16(20)23/h3-8H,9H2,1-2H3. The molecule has 23 heavy (non-hydrogen) atoms.